The lowest BCUT2D eigenvalue weighted by Crippen LogP contribution is -2.12. The Labute approximate surface area is 78.5 Å². The molecular weight excluding hydrogens is 168 g/mol. The average molecular weight is 184 g/mol. The highest BCUT2D eigenvalue weighted by atomic mass is 16.6. The van der Waals surface area contributed by atoms with Gasteiger partial charge in [0.05, 0.1) is 12.3 Å². The van der Waals surface area contributed by atoms with E-state index in [1.807, 2.05) is 0 Å². The number of hydrogen-bond acceptors (Lipinski definition) is 3. The molecule has 0 aliphatic carbocycles. The van der Waals surface area contributed by atoms with Crippen molar-refractivity contribution in [2.45, 2.75) is 40.0 Å². The predicted octanol–water partition coefficient (Wildman–Crippen LogP) is 1.90. The van der Waals surface area contributed by atoms with Gasteiger partial charge in [-0.15, -0.1) is 0 Å². The Morgan fingerprint density at radius 3 is 2.38 bits per heavy atom. The zero-order valence-corrected chi connectivity index (χ0v) is 8.42. The van der Waals surface area contributed by atoms with Gasteiger partial charge in [-0.05, 0) is 18.3 Å². The lowest BCUT2D eigenvalue weighted by atomic mass is 9.86. The van der Waals surface area contributed by atoms with Crippen molar-refractivity contribution in [3.05, 3.63) is 0 Å². The molecule has 13 heavy (non-hydrogen) atoms. The predicted molar refractivity (Wildman–Crippen MR) is 47.9 cm³/mol. The molecule has 1 saturated heterocycles. The van der Waals surface area contributed by atoms with Crippen molar-refractivity contribution in [3.8, 4) is 0 Å². The van der Waals surface area contributed by atoms with Gasteiger partial charge in [-0.3, -0.25) is 9.59 Å². The first kappa shape index (κ1) is 10.2. The Bertz CT molecular complexity index is 225. The second-order valence-corrected chi connectivity index (χ2v) is 4.79. The largest absolute Gasteiger partial charge is 0.393 e. The lowest BCUT2D eigenvalue weighted by molar-refractivity contribution is -0.153. The molecule has 3 heteroatoms. The van der Waals surface area contributed by atoms with Gasteiger partial charge in [-0.25, -0.2) is 0 Å². The van der Waals surface area contributed by atoms with Crippen LogP contribution in [0.3, 0.4) is 0 Å². The van der Waals surface area contributed by atoms with Crippen LogP contribution in [0.4, 0.5) is 0 Å². The van der Waals surface area contributed by atoms with E-state index >= 15 is 0 Å². The van der Waals surface area contributed by atoms with E-state index in [-0.39, 0.29) is 29.7 Å². The number of ether oxygens (including phenoxy) is 1. The van der Waals surface area contributed by atoms with Gasteiger partial charge in [0.1, 0.15) is 0 Å². The van der Waals surface area contributed by atoms with E-state index in [4.69, 9.17) is 0 Å². The molecule has 0 aromatic heterocycles. The number of cyclic esters (lactones) is 2. The molecule has 0 bridgehead atoms. The highest BCUT2D eigenvalue weighted by Gasteiger charge is 2.33. The zero-order chi connectivity index (χ0) is 10.1. The molecule has 1 aliphatic rings. The van der Waals surface area contributed by atoms with Crippen LogP contribution in [0.25, 0.3) is 0 Å². The molecule has 1 aliphatic heterocycles. The van der Waals surface area contributed by atoms with E-state index in [0.29, 0.717) is 0 Å². The number of rotatable bonds is 2. The van der Waals surface area contributed by atoms with Gasteiger partial charge < -0.3 is 4.74 Å². The minimum Gasteiger partial charge on any atom is -0.393 e. The normalized spacial score (nSPS) is 23.5. The molecular formula is C10H16O3. The molecule has 1 atom stereocenters. The molecule has 1 rings (SSSR count). The van der Waals surface area contributed by atoms with Crippen LogP contribution in [0.2, 0.25) is 0 Å². The van der Waals surface area contributed by atoms with Crippen molar-refractivity contribution < 1.29 is 14.3 Å². The SMILES string of the molecule is CC(C)(C)CCC1CC(=O)OC1=O. The molecule has 74 valence electrons. The Kier molecular flexibility index (Phi) is 2.74. The third-order valence-corrected chi connectivity index (χ3v) is 2.20. The number of carbonyl (C=O) groups is 2. The summed E-state index contributed by atoms with van der Waals surface area (Å²) in [4.78, 5) is 21.8. The summed E-state index contributed by atoms with van der Waals surface area (Å²) in [6.45, 7) is 6.36. The molecule has 1 unspecified atom stereocenters. The van der Waals surface area contributed by atoms with Crippen LogP contribution in [0.1, 0.15) is 40.0 Å². The van der Waals surface area contributed by atoms with E-state index in [0.717, 1.165) is 12.8 Å². The van der Waals surface area contributed by atoms with Crippen LogP contribution in [-0.4, -0.2) is 11.9 Å². The molecule has 3 nitrogen and oxygen atoms in total. The summed E-state index contributed by atoms with van der Waals surface area (Å²) >= 11 is 0. The summed E-state index contributed by atoms with van der Waals surface area (Å²) in [7, 11) is 0. The van der Waals surface area contributed by atoms with E-state index in [1.165, 1.54) is 0 Å². The second kappa shape index (κ2) is 3.48. The number of carbonyl (C=O) groups excluding carboxylic acids is 2. The first-order valence-corrected chi connectivity index (χ1v) is 4.63. The van der Waals surface area contributed by atoms with Crippen molar-refractivity contribution in [1.29, 1.82) is 0 Å². The fourth-order valence-electron chi connectivity index (χ4n) is 1.35. The third kappa shape index (κ3) is 3.17. The molecule has 0 N–H and O–H groups in total. The second-order valence-electron chi connectivity index (χ2n) is 4.79. The third-order valence-electron chi connectivity index (χ3n) is 2.20. The highest BCUT2D eigenvalue weighted by Crippen LogP contribution is 2.28. The van der Waals surface area contributed by atoms with Gasteiger partial charge in [0.25, 0.3) is 0 Å². The van der Waals surface area contributed by atoms with Gasteiger partial charge in [0.2, 0.25) is 0 Å². The number of esters is 2. The monoisotopic (exact) mass is 184 g/mol. The summed E-state index contributed by atoms with van der Waals surface area (Å²) in [5, 5.41) is 0. The van der Waals surface area contributed by atoms with Gasteiger partial charge in [-0.1, -0.05) is 20.8 Å². The summed E-state index contributed by atoms with van der Waals surface area (Å²) in [6, 6.07) is 0. The zero-order valence-electron chi connectivity index (χ0n) is 8.42. The van der Waals surface area contributed by atoms with Crippen LogP contribution in [0.15, 0.2) is 0 Å². The van der Waals surface area contributed by atoms with Crippen molar-refractivity contribution in [1.82, 2.24) is 0 Å². The maximum absolute atomic E-state index is 11.1. The number of hydrogen-bond donors (Lipinski definition) is 0. The fourth-order valence-corrected chi connectivity index (χ4v) is 1.35. The molecule has 0 radical (unpaired) electrons. The standard InChI is InChI=1S/C10H16O3/c1-10(2,3)5-4-7-6-8(11)13-9(7)12/h7H,4-6H2,1-3H3. The van der Waals surface area contributed by atoms with Crippen molar-refractivity contribution in [3.63, 3.8) is 0 Å². The van der Waals surface area contributed by atoms with Crippen molar-refractivity contribution in [2.24, 2.45) is 11.3 Å². The van der Waals surface area contributed by atoms with Crippen molar-refractivity contribution in [2.75, 3.05) is 0 Å². The van der Waals surface area contributed by atoms with E-state index in [9.17, 15) is 9.59 Å². The van der Waals surface area contributed by atoms with Crippen LogP contribution < -0.4 is 0 Å². The van der Waals surface area contributed by atoms with Crippen LogP contribution in [-0.2, 0) is 14.3 Å². The Morgan fingerprint density at radius 1 is 1.38 bits per heavy atom. The minimum absolute atomic E-state index is 0.188. The minimum atomic E-state index is -0.371. The quantitative estimate of drug-likeness (QED) is 0.486. The molecule has 0 aromatic carbocycles. The first-order valence-electron chi connectivity index (χ1n) is 4.63. The molecule has 0 amide bonds. The van der Waals surface area contributed by atoms with Gasteiger partial charge in [-0.2, -0.15) is 0 Å². The molecule has 0 aromatic rings. The molecule has 0 saturated carbocycles. The Hall–Kier alpha value is -0.860. The summed E-state index contributed by atoms with van der Waals surface area (Å²) < 4.78 is 4.46. The van der Waals surface area contributed by atoms with Crippen LogP contribution in [0.5, 0.6) is 0 Å². The van der Waals surface area contributed by atoms with Gasteiger partial charge >= 0.3 is 11.9 Å². The summed E-state index contributed by atoms with van der Waals surface area (Å²) in [5.74, 6) is -0.898. The fraction of sp³-hybridized carbons (Fsp3) is 0.800. The molecule has 1 heterocycles. The Balaban J connectivity index is 2.38. The Morgan fingerprint density at radius 2 is 2.00 bits per heavy atom. The van der Waals surface area contributed by atoms with Crippen LogP contribution >= 0.6 is 0 Å². The summed E-state index contributed by atoms with van der Waals surface area (Å²) in [5.41, 5.74) is 0.214. The van der Waals surface area contributed by atoms with E-state index < -0.39 is 0 Å². The van der Waals surface area contributed by atoms with E-state index in [2.05, 4.69) is 25.5 Å². The van der Waals surface area contributed by atoms with Gasteiger partial charge in [0, 0.05) is 0 Å². The topological polar surface area (TPSA) is 43.4 Å². The van der Waals surface area contributed by atoms with Crippen LogP contribution in [0, 0.1) is 11.3 Å². The van der Waals surface area contributed by atoms with Crippen molar-refractivity contribution >= 4 is 11.9 Å². The summed E-state index contributed by atoms with van der Waals surface area (Å²) in [6.07, 6.45) is 1.98. The van der Waals surface area contributed by atoms with E-state index in [1.54, 1.807) is 0 Å². The highest BCUT2D eigenvalue weighted by molar-refractivity contribution is 5.94. The maximum atomic E-state index is 11.1. The lowest BCUT2D eigenvalue weighted by Gasteiger charge is -2.18. The average Bonchev–Trinajstić information content (AvgIpc) is 2.24. The van der Waals surface area contributed by atoms with Gasteiger partial charge in [0.15, 0.2) is 0 Å². The smallest absolute Gasteiger partial charge is 0.317 e. The first-order chi connectivity index (χ1) is 5.88. The molecule has 1 fully saturated rings. The molecule has 0 spiro atoms. The maximum Gasteiger partial charge on any atom is 0.317 e.